The molecule has 0 amide bonds. The van der Waals surface area contributed by atoms with Gasteiger partial charge in [-0.05, 0) is 224 Å². The highest BCUT2D eigenvalue weighted by atomic mass is 35.5. The summed E-state index contributed by atoms with van der Waals surface area (Å²) in [7, 11) is 0. The number of nitrogens with zero attached hydrogens (tertiary/aromatic N) is 9. The number of hydrogen-bond donors (Lipinski definition) is 2. The summed E-state index contributed by atoms with van der Waals surface area (Å²) in [6.45, 7) is 17.3. The number of aromatic amines is 2. The Bertz CT molecular complexity index is 4380. The Kier molecular flexibility index (Phi) is 27.8. The molecule has 104 heavy (non-hydrogen) atoms. The third-order valence-corrected chi connectivity index (χ3v) is 21.5. The van der Waals surface area contributed by atoms with Crippen molar-refractivity contribution in [2.75, 3.05) is 0 Å². The van der Waals surface area contributed by atoms with Crippen LogP contribution < -0.4 is 18.9 Å². The van der Waals surface area contributed by atoms with Crippen molar-refractivity contribution >= 4 is 63.2 Å². The van der Waals surface area contributed by atoms with Crippen LogP contribution in [-0.2, 0) is 0 Å². The molecule has 5 aromatic carbocycles. The summed E-state index contributed by atoms with van der Waals surface area (Å²) in [6.07, 6.45) is 23.2. The van der Waals surface area contributed by atoms with Crippen LogP contribution >= 0.6 is 46.4 Å². The first-order chi connectivity index (χ1) is 50.1. The third kappa shape index (κ3) is 21.4. The number of aromatic nitrogens is 7. The predicted octanol–water partition coefficient (Wildman–Crippen LogP) is 22.5. The van der Waals surface area contributed by atoms with Crippen molar-refractivity contribution in [3.8, 4) is 47.3 Å². The fraction of sp³-hybridized carbons (Fsp3) is 0.440. The fourth-order valence-electron chi connectivity index (χ4n) is 13.8. The zero-order valence-corrected chi connectivity index (χ0v) is 63.7. The molecule has 13 rings (SSSR count). The van der Waals surface area contributed by atoms with Crippen LogP contribution in [-0.4, -0.2) is 64.9 Å². The molecule has 16 nitrogen and oxygen atoms in total. The zero-order chi connectivity index (χ0) is 74.0. The number of carbonyl (C=O) groups is 1. The van der Waals surface area contributed by atoms with Gasteiger partial charge in [0.1, 0.15) is 64.6 Å². The molecule has 20 heteroatoms. The Labute approximate surface area is 632 Å². The number of nitrogens with one attached hydrogen (secondary N) is 2. The van der Waals surface area contributed by atoms with E-state index in [1.165, 1.54) is 17.0 Å². The van der Waals surface area contributed by atoms with Crippen LogP contribution in [0, 0.1) is 51.2 Å². The first-order valence-corrected chi connectivity index (χ1v) is 38.2. The number of halogens is 4. The standard InChI is InChI=1S/C23H24ClN3O.C23H25ClN2O2.2C19H22ClN3O/c1-14(2)16-6-10-21-22(11-16)27-23(26-21)15-3-7-18(8-4-15)28-19-9-5-17(13-25)20(24)12-19;1-15(2)18-6-10-22(26-14-18)23(27)11-16-3-7-19(8-4-16)28-20-9-5-17(13-25)21(24)12-20;1-12(2)18-11-22-19(23-18)13-3-6-15(7-4-13)24-16-8-5-14(10-21)17(20)9-16;1-13(2)23-10-9-19(22-23)14-3-6-16(7-4-14)24-17-8-5-15(12-21)18(20)11-17/h5-6,9-12,14-15,18H,3-4,7-8H2,1-2H3,(H,26,27);5-6,9-10,12,14-16,19H,3-4,7-8,11H2,1-2H3;5,8-9,11-13,15H,3-4,6-7H2,1-2H3,(H,22,23);5,8-11,13-14,16H,3-4,6-7H2,1-2H3. The summed E-state index contributed by atoms with van der Waals surface area (Å²) >= 11 is 24.3. The minimum absolute atomic E-state index is 0.124. The van der Waals surface area contributed by atoms with Gasteiger partial charge in [-0.3, -0.25) is 14.5 Å². The van der Waals surface area contributed by atoms with Crippen molar-refractivity contribution in [2.45, 2.75) is 231 Å². The maximum Gasteiger partial charge on any atom is 0.181 e. The molecule has 0 bridgehead atoms. The SMILES string of the molecule is CC(C)c1ccc(C(=O)CC2CCC(Oc3ccc(C#N)c(Cl)c3)CC2)nc1.CC(C)c1ccc2nc(C3CCC(Oc4ccc(C#N)c(Cl)c4)CC3)[nH]c2c1.CC(C)c1cnc(C2CCC(Oc3ccc(C#N)c(Cl)c3)CC2)[nH]1.CC(C)n1ccc(C2CCC(Oc3ccc(C#N)c(Cl)c3)CC2)n1. The number of nitriles is 4. The number of imidazole rings is 2. The summed E-state index contributed by atoms with van der Waals surface area (Å²) < 4.78 is 26.2. The molecule has 0 atom stereocenters. The second kappa shape index (κ2) is 37.2. The van der Waals surface area contributed by atoms with Crippen LogP contribution in [0.3, 0.4) is 0 Å². The molecule has 4 saturated carbocycles. The van der Waals surface area contributed by atoms with E-state index in [0.717, 1.165) is 148 Å². The van der Waals surface area contributed by atoms with Crippen LogP contribution in [0.15, 0.2) is 128 Å². The van der Waals surface area contributed by atoms with Crippen LogP contribution in [0.5, 0.6) is 23.0 Å². The van der Waals surface area contributed by atoms with Crippen molar-refractivity contribution in [1.29, 1.82) is 21.0 Å². The van der Waals surface area contributed by atoms with E-state index in [0.29, 0.717) is 108 Å². The number of pyridine rings is 1. The predicted molar refractivity (Wildman–Crippen MR) is 411 cm³/mol. The molecule has 4 fully saturated rings. The summed E-state index contributed by atoms with van der Waals surface area (Å²) in [6, 6.07) is 42.1. The molecule has 0 saturated heterocycles. The van der Waals surface area contributed by atoms with E-state index in [-0.39, 0.29) is 30.2 Å². The average Bonchev–Trinajstić information content (AvgIpc) is 1.65. The Morgan fingerprint density at radius 2 is 0.894 bits per heavy atom. The Hall–Kier alpha value is -8.87. The molecular formula is C84H93Cl4N11O5. The van der Waals surface area contributed by atoms with Gasteiger partial charge in [0.25, 0.3) is 0 Å². The number of rotatable bonds is 18. The molecule has 0 unspecified atom stereocenters. The Balaban J connectivity index is 0.000000149. The number of benzene rings is 5. The molecule has 542 valence electrons. The highest BCUT2D eigenvalue weighted by Gasteiger charge is 2.30. The van der Waals surface area contributed by atoms with Gasteiger partial charge < -0.3 is 28.9 Å². The smallest absolute Gasteiger partial charge is 0.181 e. The lowest BCUT2D eigenvalue weighted by Gasteiger charge is -2.28. The average molecular weight is 1480 g/mol. The summed E-state index contributed by atoms with van der Waals surface area (Å²) in [4.78, 5) is 33.3. The molecule has 0 aliphatic heterocycles. The van der Waals surface area contributed by atoms with Crippen LogP contribution in [0.25, 0.3) is 11.0 Å². The fourth-order valence-corrected chi connectivity index (χ4v) is 14.7. The van der Waals surface area contributed by atoms with Gasteiger partial charge in [0, 0.05) is 78.8 Å². The van der Waals surface area contributed by atoms with Gasteiger partial charge in [-0.1, -0.05) is 100 Å². The minimum atomic E-state index is 0.124. The Morgan fingerprint density at radius 1 is 0.471 bits per heavy atom. The topological polar surface area (TPSA) is 237 Å². The molecule has 0 radical (unpaired) electrons. The Morgan fingerprint density at radius 3 is 1.27 bits per heavy atom. The van der Waals surface area contributed by atoms with E-state index in [1.54, 1.807) is 54.6 Å². The lowest BCUT2D eigenvalue weighted by molar-refractivity contribution is 0.0897. The first kappa shape index (κ1) is 77.7. The number of ether oxygens (including phenoxy) is 4. The maximum absolute atomic E-state index is 12.5. The van der Waals surface area contributed by atoms with E-state index in [4.69, 9.17) is 96.5 Å². The number of Topliss-reactive ketones (excluding diaryl/α,β-unsaturated/α-hetero) is 1. The van der Waals surface area contributed by atoms with E-state index in [9.17, 15) is 4.79 Å². The quantitative estimate of drug-likeness (QED) is 0.0761. The van der Waals surface area contributed by atoms with Gasteiger partial charge in [-0.15, -0.1) is 0 Å². The van der Waals surface area contributed by atoms with E-state index in [1.807, 2.05) is 53.5 Å². The van der Waals surface area contributed by atoms with Gasteiger partial charge in [-0.2, -0.15) is 26.1 Å². The van der Waals surface area contributed by atoms with Crippen molar-refractivity contribution in [1.82, 2.24) is 34.7 Å². The number of H-pyrrole nitrogens is 2. The molecule has 9 aromatic rings. The monoisotopic (exact) mass is 1480 g/mol. The second-order valence-electron chi connectivity index (χ2n) is 29.1. The number of hydrogen-bond acceptors (Lipinski definition) is 13. The number of carbonyl (C=O) groups excluding carboxylic acids is 1. The summed E-state index contributed by atoms with van der Waals surface area (Å²) in [5, 5.41) is 42.2. The van der Waals surface area contributed by atoms with Crippen molar-refractivity contribution in [3.05, 3.63) is 210 Å². The van der Waals surface area contributed by atoms with Crippen LogP contribution in [0.4, 0.5) is 0 Å². The number of fused-ring (bicyclic) bond motifs is 1. The zero-order valence-electron chi connectivity index (χ0n) is 60.7. The van der Waals surface area contributed by atoms with Crippen molar-refractivity contribution in [2.24, 2.45) is 5.92 Å². The number of ketones is 1. The highest BCUT2D eigenvalue weighted by Crippen LogP contribution is 2.40. The van der Waals surface area contributed by atoms with Gasteiger partial charge in [0.15, 0.2) is 5.78 Å². The lowest BCUT2D eigenvalue weighted by Crippen LogP contribution is -2.25. The van der Waals surface area contributed by atoms with E-state index in [2.05, 4.69) is 124 Å². The molecule has 0 spiro atoms. The van der Waals surface area contributed by atoms with Crippen LogP contribution in [0.2, 0.25) is 20.1 Å². The van der Waals surface area contributed by atoms with E-state index >= 15 is 0 Å². The van der Waals surface area contributed by atoms with Gasteiger partial charge >= 0.3 is 0 Å². The highest BCUT2D eigenvalue weighted by molar-refractivity contribution is 6.32. The summed E-state index contributed by atoms with van der Waals surface area (Å²) in [5.41, 5.74) is 9.51. The minimum Gasteiger partial charge on any atom is -0.490 e. The van der Waals surface area contributed by atoms with Gasteiger partial charge in [0.2, 0.25) is 0 Å². The maximum atomic E-state index is 12.5. The largest absolute Gasteiger partial charge is 0.490 e. The first-order valence-electron chi connectivity index (χ1n) is 36.7. The molecule has 4 aliphatic rings. The normalized spacial score (nSPS) is 20.1. The van der Waals surface area contributed by atoms with Crippen molar-refractivity contribution in [3.63, 3.8) is 0 Å². The summed E-state index contributed by atoms with van der Waals surface area (Å²) in [5.74, 6) is 8.47. The molecular weight excluding hydrogens is 1380 g/mol. The van der Waals surface area contributed by atoms with Gasteiger partial charge in [0.05, 0.1) is 83.5 Å². The second-order valence-corrected chi connectivity index (χ2v) is 30.7. The van der Waals surface area contributed by atoms with Gasteiger partial charge in [-0.25, -0.2) is 9.97 Å². The van der Waals surface area contributed by atoms with E-state index < -0.39 is 0 Å². The van der Waals surface area contributed by atoms with Crippen LogP contribution in [0.1, 0.15) is 273 Å². The van der Waals surface area contributed by atoms with Crippen molar-refractivity contribution < 1.29 is 23.7 Å². The molecule has 4 aromatic heterocycles. The third-order valence-electron chi connectivity index (χ3n) is 20.3. The molecule has 4 heterocycles. The molecule has 2 N–H and O–H groups in total. The lowest BCUT2D eigenvalue weighted by atomic mass is 9.83. The molecule has 4 aliphatic carbocycles.